The topological polar surface area (TPSA) is 37.3 Å². The summed E-state index contributed by atoms with van der Waals surface area (Å²) in [6, 6.07) is 0. The van der Waals surface area contributed by atoms with E-state index >= 15 is 0 Å². The van der Waals surface area contributed by atoms with E-state index in [0.29, 0.717) is 5.92 Å². The van der Waals surface area contributed by atoms with Gasteiger partial charge < -0.3 is 5.11 Å². The maximum absolute atomic E-state index is 10.6. The van der Waals surface area contributed by atoms with Gasteiger partial charge in [0.1, 0.15) is 0 Å². The molecule has 0 bridgehead atoms. The molecule has 0 aromatic heterocycles. The van der Waals surface area contributed by atoms with Crippen LogP contribution in [0.4, 0.5) is 0 Å². The Bertz CT molecular complexity index is 276. The first-order chi connectivity index (χ1) is 6.50. The maximum atomic E-state index is 10.6. The normalized spacial score (nSPS) is 26.9. The Kier molecular flexibility index (Phi) is 3.50. The van der Waals surface area contributed by atoms with Gasteiger partial charge in [-0.05, 0) is 38.5 Å². The van der Waals surface area contributed by atoms with E-state index in [-0.39, 0.29) is 12.3 Å². The molecule has 0 aromatic carbocycles. The van der Waals surface area contributed by atoms with Gasteiger partial charge in [0.2, 0.25) is 0 Å². The van der Waals surface area contributed by atoms with Crippen molar-refractivity contribution in [2.24, 2.45) is 11.8 Å². The van der Waals surface area contributed by atoms with Crippen LogP contribution in [0, 0.1) is 11.8 Å². The van der Waals surface area contributed by atoms with Crippen LogP contribution in [0.15, 0.2) is 23.8 Å². The third-order valence-electron chi connectivity index (χ3n) is 3.06. The zero-order chi connectivity index (χ0) is 10.7. The third kappa shape index (κ3) is 2.72. The molecule has 0 heterocycles. The van der Waals surface area contributed by atoms with Gasteiger partial charge in [-0.1, -0.05) is 23.8 Å². The van der Waals surface area contributed by atoms with Crippen molar-refractivity contribution < 1.29 is 9.90 Å². The average molecular weight is 194 g/mol. The summed E-state index contributed by atoms with van der Waals surface area (Å²) in [7, 11) is 0. The summed E-state index contributed by atoms with van der Waals surface area (Å²) in [5, 5.41) is 8.76. The van der Waals surface area contributed by atoms with Crippen molar-refractivity contribution in [3.8, 4) is 0 Å². The molecule has 0 radical (unpaired) electrons. The zero-order valence-corrected chi connectivity index (χ0v) is 8.92. The summed E-state index contributed by atoms with van der Waals surface area (Å²) in [4.78, 5) is 10.6. The largest absolute Gasteiger partial charge is 0.481 e. The standard InChI is InChI=1S/C12H18O2/c1-8(2)10-5-4-9(3)11(6-10)7-12(13)14/h4,10-11H,1,5-7H2,2-3H3,(H,13,14)/t10-,11-/m1/s1. The fourth-order valence-corrected chi connectivity index (χ4v) is 1.98. The second kappa shape index (κ2) is 4.45. The van der Waals surface area contributed by atoms with Gasteiger partial charge in [0.15, 0.2) is 0 Å². The maximum Gasteiger partial charge on any atom is 0.303 e. The van der Waals surface area contributed by atoms with Gasteiger partial charge in [-0.25, -0.2) is 0 Å². The molecule has 0 spiro atoms. The second-order valence-corrected chi connectivity index (χ2v) is 4.26. The summed E-state index contributed by atoms with van der Waals surface area (Å²) < 4.78 is 0. The van der Waals surface area contributed by atoms with E-state index in [2.05, 4.69) is 12.7 Å². The van der Waals surface area contributed by atoms with Crippen LogP contribution in [-0.2, 0) is 4.79 Å². The molecule has 2 nitrogen and oxygen atoms in total. The third-order valence-corrected chi connectivity index (χ3v) is 3.06. The minimum Gasteiger partial charge on any atom is -0.481 e. The van der Waals surface area contributed by atoms with Crippen LogP contribution in [0.25, 0.3) is 0 Å². The summed E-state index contributed by atoms with van der Waals surface area (Å²) in [5.41, 5.74) is 2.40. The Hall–Kier alpha value is -1.05. The first-order valence-corrected chi connectivity index (χ1v) is 5.04. The first kappa shape index (κ1) is 11.0. The fourth-order valence-electron chi connectivity index (χ4n) is 1.98. The van der Waals surface area contributed by atoms with Crippen molar-refractivity contribution in [1.82, 2.24) is 0 Å². The molecule has 0 saturated heterocycles. The Balaban J connectivity index is 2.66. The first-order valence-electron chi connectivity index (χ1n) is 5.04. The SMILES string of the molecule is C=C(C)[C@@H]1CC=C(C)[C@@H](CC(=O)O)C1. The molecule has 0 aliphatic heterocycles. The number of rotatable bonds is 3. The molecule has 0 aromatic rings. The molecule has 14 heavy (non-hydrogen) atoms. The Labute approximate surface area is 85.3 Å². The van der Waals surface area contributed by atoms with Crippen LogP contribution >= 0.6 is 0 Å². The molecule has 1 aliphatic carbocycles. The van der Waals surface area contributed by atoms with Crippen molar-refractivity contribution >= 4 is 5.97 Å². The highest BCUT2D eigenvalue weighted by Crippen LogP contribution is 2.34. The molecule has 2 heteroatoms. The number of hydrogen-bond donors (Lipinski definition) is 1. The Morgan fingerprint density at radius 3 is 2.86 bits per heavy atom. The van der Waals surface area contributed by atoms with Gasteiger partial charge in [-0.15, -0.1) is 0 Å². The van der Waals surface area contributed by atoms with Crippen LogP contribution in [0.2, 0.25) is 0 Å². The van der Waals surface area contributed by atoms with Gasteiger partial charge in [0.25, 0.3) is 0 Å². The van der Waals surface area contributed by atoms with E-state index in [1.165, 1.54) is 11.1 Å². The van der Waals surface area contributed by atoms with E-state index in [9.17, 15) is 4.79 Å². The van der Waals surface area contributed by atoms with Crippen LogP contribution in [0.5, 0.6) is 0 Å². The lowest BCUT2D eigenvalue weighted by atomic mass is 9.77. The molecular weight excluding hydrogens is 176 g/mol. The predicted molar refractivity (Wildman–Crippen MR) is 57.0 cm³/mol. The highest BCUT2D eigenvalue weighted by Gasteiger charge is 2.24. The zero-order valence-electron chi connectivity index (χ0n) is 8.92. The van der Waals surface area contributed by atoms with Crippen molar-refractivity contribution in [1.29, 1.82) is 0 Å². The van der Waals surface area contributed by atoms with E-state index < -0.39 is 5.97 Å². The van der Waals surface area contributed by atoms with Crippen LogP contribution < -0.4 is 0 Å². The number of carboxylic acid groups (broad SMARTS) is 1. The number of hydrogen-bond acceptors (Lipinski definition) is 1. The molecule has 0 unspecified atom stereocenters. The van der Waals surface area contributed by atoms with Crippen molar-refractivity contribution in [2.45, 2.75) is 33.1 Å². The minimum atomic E-state index is -0.704. The average Bonchev–Trinajstić information content (AvgIpc) is 2.07. The molecule has 78 valence electrons. The van der Waals surface area contributed by atoms with E-state index in [1.54, 1.807) is 0 Å². The second-order valence-electron chi connectivity index (χ2n) is 4.26. The van der Waals surface area contributed by atoms with Crippen molar-refractivity contribution in [3.63, 3.8) is 0 Å². The lowest BCUT2D eigenvalue weighted by molar-refractivity contribution is -0.137. The van der Waals surface area contributed by atoms with E-state index in [4.69, 9.17) is 5.11 Å². The molecule has 1 rings (SSSR count). The molecule has 2 atom stereocenters. The summed E-state index contributed by atoms with van der Waals surface area (Å²) in [5.74, 6) is -0.0175. The van der Waals surface area contributed by atoms with Crippen LogP contribution in [0.1, 0.15) is 33.1 Å². The Morgan fingerprint density at radius 1 is 1.71 bits per heavy atom. The quantitative estimate of drug-likeness (QED) is 0.701. The number of carbonyl (C=O) groups is 1. The molecule has 1 N–H and O–H groups in total. The van der Waals surface area contributed by atoms with E-state index in [1.807, 2.05) is 13.8 Å². The van der Waals surface area contributed by atoms with Crippen LogP contribution in [-0.4, -0.2) is 11.1 Å². The number of allylic oxidation sites excluding steroid dienone is 3. The Morgan fingerprint density at radius 2 is 2.36 bits per heavy atom. The highest BCUT2D eigenvalue weighted by molar-refractivity contribution is 5.67. The van der Waals surface area contributed by atoms with Gasteiger partial charge >= 0.3 is 5.97 Å². The van der Waals surface area contributed by atoms with Crippen LogP contribution in [0.3, 0.4) is 0 Å². The predicted octanol–water partition coefficient (Wildman–Crippen LogP) is 3.01. The van der Waals surface area contributed by atoms with Gasteiger partial charge in [-0.3, -0.25) is 4.79 Å². The smallest absolute Gasteiger partial charge is 0.303 e. The summed E-state index contributed by atoms with van der Waals surface area (Å²) in [6.07, 6.45) is 4.39. The molecular formula is C12H18O2. The number of aliphatic carboxylic acids is 1. The highest BCUT2D eigenvalue weighted by atomic mass is 16.4. The van der Waals surface area contributed by atoms with Gasteiger partial charge in [-0.2, -0.15) is 0 Å². The fraction of sp³-hybridized carbons (Fsp3) is 0.583. The minimum absolute atomic E-state index is 0.211. The van der Waals surface area contributed by atoms with Gasteiger partial charge in [0.05, 0.1) is 6.42 Å². The van der Waals surface area contributed by atoms with Crippen molar-refractivity contribution in [3.05, 3.63) is 23.8 Å². The molecule has 1 aliphatic rings. The lowest BCUT2D eigenvalue weighted by Gasteiger charge is -2.27. The number of carboxylic acids is 1. The monoisotopic (exact) mass is 194 g/mol. The molecule has 0 saturated carbocycles. The van der Waals surface area contributed by atoms with E-state index in [0.717, 1.165) is 12.8 Å². The summed E-state index contributed by atoms with van der Waals surface area (Å²) in [6.45, 7) is 8.00. The lowest BCUT2D eigenvalue weighted by Crippen LogP contribution is -2.18. The van der Waals surface area contributed by atoms with Crippen molar-refractivity contribution in [2.75, 3.05) is 0 Å². The molecule has 0 amide bonds. The molecule has 0 fully saturated rings. The van der Waals surface area contributed by atoms with Gasteiger partial charge in [0, 0.05) is 0 Å². The summed E-state index contributed by atoms with van der Waals surface area (Å²) >= 11 is 0.